The van der Waals surface area contributed by atoms with Gasteiger partial charge in [0.25, 0.3) is 0 Å². The molecule has 0 aromatic heterocycles. The van der Waals surface area contributed by atoms with Gasteiger partial charge in [0.05, 0.1) is 0 Å². The normalized spacial score (nSPS) is 19.8. The second-order valence-corrected chi connectivity index (χ2v) is 8.83. The second-order valence-electron chi connectivity index (χ2n) is 8.83. The standard InChI is InChI=1S/C26H34N4O2/c1-21-25(31)29(17-9-16-28-14-6-3-7-15-28)18-19-30(21)26(32)27-24-13-8-12-23(20-24)22-10-4-2-5-11-22/h2,4-5,8,10-13,20-21H,3,6-7,9,14-19H2,1H3,(H,27,32)/t21-/m0/s1. The van der Waals surface area contributed by atoms with E-state index in [9.17, 15) is 9.59 Å². The van der Waals surface area contributed by atoms with E-state index in [-0.39, 0.29) is 11.9 Å². The Balaban J connectivity index is 1.30. The Kier molecular flexibility index (Phi) is 7.43. The van der Waals surface area contributed by atoms with E-state index in [2.05, 4.69) is 10.2 Å². The first kappa shape index (κ1) is 22.3. The molecule has 3 amide bonds. The number of carbonyl (C=O) groups excluding carboxylic acids is 2. The summed E-state index contributed by atoms with van der Waals surface area (Å²) in [7, 11) is 0. The van der Waals surface area contributed by atoms with E-state index in [0.717, 1.165) is 36.3 Å². The molecule has 2 saturated heterocycles. The molecule has 2 aliphatic heterocycles. The minimum atomic E-state index is -0.448. The first-order valence-electron chi connectivity index (χ1n) is 11.9. The van der Waals surface area contributed by atoms with Gasteiger partial charge in [-0.2, -0.15) is 0 Å². The van der Waals surface area contributed by atoms with Crippen LogP contribution in [0.5, 0.6) is 0 Å². The summed E-state index contributed by atoms with van der Waals surface area (Å²) >= 11 is 0. The predicted octanol–water partition coefficient (Wildman–Crippen LogP) is 4.29. The average Bonchev–Trinajstić information content (AvgIpc) is 2.83. The molecule has 0 unspecified atom stereocenters. The van der Waals surface area contributed by atoms with Crippen LogP contribution in [0.2, 0.25) is 0 Å². The topological polar surface area (TPSA) is 55.9 Å². The van der Waals surface area contributed by atoms with Crippen molar-refractivity contribution in [1.29, 1.82) is 0 Å². The van der Waals surface area contributed by atoms with Gasteiger partial charge < -0.3 is 20.0 Å². The average molecular weight is 435 g/mol. The highest BCUT2D eigenvalue weighted by Gasteiger charge is 2.34. The molecule has 2 heterocycles. The lowest BCUT2D eigenvalue weighted by atomic mass is 10.1. The largest absolute Gasteiger partial charge is 0.339 e. The van der Waals surface area contributed by atoms with E-state index in [1.54, 1.807) is 4.90 Å². The molecule has 32 heavy (non-hydrogen) atoms. The number of nitrogens with one attached hydrogen (secondary N) is 1. The molecule has 1 N–H and O–H groups in total. The number of carbonyl (C=O) groups is 2. The third-order valence-corrected chi connectivity index (χ3v) is 6.58. The Morgan fingerprint density at radius 3 is 2.44 bits per heavy atom. The first-order valence-corrected chi connectivity index (χ1v) is 11.9. The van der Waals surface area contributed by atoms with Crippen LogP contribution < -0.4 is 5.32 Å². The summed E-state index contributed by atoms with van der Waals surface area (Å²) < 4.78 is 0. The van der Waals surface area contributed by atoms with Crippen LogP contribution in [0, 0.1) is 0 Å². The number of piperidine rings is 1. The van der Waals surface area contributed by atoms with Crippen LogP contribution in [-0.2, 0) is 4.79 Å². The maximum atomic E-state index is 12.9. The highest BCUT2D eigenvalue weighted by Crippen LogP contribution is 2.23. The van der Waals surface area contributed by atoms with E-state index in [0.29, 0.717) is 13.1 Å². The number of urea groups is 1. The summed E-state index contributed by atoms with van der Waals surface area (Å²) in [5, 5.41) is 2.98. The molecule has 0 aliphatic carbocycles. The molecule has 170 valence electrons. The number of rotatable bonds is 6. The number of likely N-dealkylation sites (tertiary alicyclic amines) is 1. The summed E-state index contributed by atoms with van der Waals surface area (Å²) in [6.45, 7) is 7.18. The molecule has 0 saturated carbocycles. The van der Waals surface area contributed by atoms with Crippen molar-refractivity contribution >= 4 is 17.6 Å². The Morgan fingerprint density at radius 1 is 0.906 bits per heavy atom. The van der Waals surface area contributed by atoms with Gasteiger partial charge >= 0.3 is 6.03 Å². The van der Waals surface area contributed by atoms with Gasteiger partial charge in [-0.05, 0) is 69.1 Å². The van der Waals surface area contributed by atoms with Gasteiger partial charge in [0, 0.05) is 25.3 Å². The van der Waals surface area contributed by atoms with Crippen LogP contribution in [0.4, 0.5) is 10.5 Å². The number of nitrogens with zero attached hydrogens (tertiary/aromatic N) is 3. The maximum absolute atomic E-state index is 12.9. The fourth-order valence-electron chi connectivity index (χ4n) is 4.70. The molecule has 2 fully saturated rings. The minimum absolute atomic E-state index is 0.0445. The SMILES string of the molecule is C[C@H]1C(=O)N(CCCN2CCCCC2)CCN1C(=O)Nc1cccc(-c2ccccc2)c1. The van der Waals surface area contributed by atoms with Gasteiger partial charge in [0.2, 0.25) is 5.91 Å². The van der Waals surface area contributed by atoms with Crippen molar-refractivity contribution in [3.05, 3.63) is 54.6 Å². The lowest BCUT2D eigenvalue weighted by Crippen LogP contribution is -2.58. The van der Waals surface area contributed by atoms with Gasteiger partial charge in [-0.25, -0.2) is 4.79 Å². The zero-order valence-corrected chi connectivity index (χ0v) is 19.0. The van der Waals surface area contributed by atoms with E-state index in [1.165, 1.54) is 32.4 Å². The van der Waals surface area contributed by atoms with Crippen LogP contribution in [0.25, 0.3) is 11.1 Å². The smallest absolute Gasteiger partial charge is 0.322 e. The van der Waals surface area contributed by atoms with Gasteiger partial charge in [-0.3, -0.25) is 4.79 Å². The first-order chi connectivity index (χ1) is 15.6. The van der Waals surface area contributed by atoms with Crippen molar-refractivity contribution in [2.24, 2.45) is 0 Å². The number of hydrogen-bond acceptors (Lipinski definition) is 3. The Hall–Kier alpha value is -2.86. The minimum Gasteiger partial charge on any atom is -0.339 e. The fraction of sp³-hybridized carbons (Fsp3) is 0.462. The van der Waals surface area contributed by atoms with Gasteiger partial charge in [0.1, 0.15) is 6.04 Å². The Morgan fingerprint density at radius 2 is 1.66 bits per heavy atom. The van der Waals surface area contributed by atoms with E-state index in [4.69, 9.17) is 0 Å². The zero-order valence-electron chi connectivity index (χ0n) is 19.0. The van der Waals surface area contributed by atoms with Crippen molar-refractivity contribution in [2.45, 2.75) is 38.6 Å². The van der Waals surface area contributed by atoms with Crippen LogP contribution in [0.15, 0.2) is 54.6 Å². The summed E-state index contributed by atoms with van der Waals surface area (Å²) in [6, 6.07) is 17.2. The number of anilines is 1. The van der Waals surface area contributed by atoms with Crippen molar-refractivity contribution in [3.63, 3.8) is 0 Å². The lowest BCUT2D eigenvalue weighted by Gasteiger charge is -2.39. The number of benzene rings is 2. The van der Waals surface area contributed by atoms with E-state index >= 15 is 0 Å². The molecule has 4 rings (SSSR count). The van der Waals surface area contributed by atoms with Crippen molar-refractivity contribution in [1.82, 2.24) is 14.7 Å². The van der Waals surface area contributed by atoms with Crippen LogP contribution in [-0.4, -0.2) is 71.9 Å². The Labute approximate surface area is 191 Å². The maximum Gasteiger partial charge on any atom is 0.322 e. The summed E-state index contributed by atoms with van der Waals surface area (Å²) in [5.74, 6) is 0.0445. The molecule has 6 heteroatoms. The summed E-state index contributed by atoms with van der Waals surface area (Å²) in [5.41, 5.74) is 2.89. The van der Waals surface area contributed by atoms with Crippen molar-refractivity contribution in [2.75, 3.05) is 44.6 Å². The highest BCUT2D eigenvalue weighted by molar-refractivity contribution is 5.94. The third-order valence-electron chi connectivity index (χ3n) is 6.58. The number of hydrogen-bond donors (Lipinski definition) is 1. The fourth-order valence-corrected chi connectivity index (χ4v) is 4.70. The molecule has 0 spiro atoms. The second kappa shape index (κ2) is 10.6. The number of piperazine rings is 1. The molecule has 0 radical (unpaired) electrons. The predicted molar refractivity (Wildman–Crippen MR) is 129 cm³/mol. The monoisotopic (exact) mass is 434 g/mol. The van der Waals surface area contributed by atoms with E-state index < -0.39 is 6.04 Å². The van der Waals surface area contributed by atoms with Gasteiger partial charge in [-0.1, -0.05) is 48.9 Å². The molecular formula is C26H34N4O2. The molecule has 2 aromatic rings. The van der Waals surface area contributed by atoms with Crippen LogP contribution in [0.1, 0.15) is 32.6 Å². The highest BCUT2D eigenvalue weighted by atomic mass is 16.2. The van der Waals surface area contributed by atoms with E-state index in [1.807, 2.05) is 66.4 Å². The Bertz CT molecular complexity index is 911. The van der Waals surface area contributed by atoms with Crippen LogP contribution in [0.3, 0.4) is 0 Å². The number of amides is 3. The molecule has 6 nitrogen and oxygen atoms in total. The molecule has 2 aromatic carbocycles. The molecule has 2 aliphatic rings. The molecule has 0 bridgehead atoms. The van der Waals surface area contributed by atoms with Crippen molar-refractivity contribution in [3.8, 4) is 11.1 Å². The van der Waals surface area contributed by atoms with Gasteiger partial charge in [0.15, 0.2) is 0 Å². The van der Waals surface area contributed by atoms with Gasteiger partial charge in [-0.15, -0.1) is 0 Å². The van der Waals surface area contributed by atoms with Crippen LogP contribution >= 0.6 is 0 Å². The van der Waals surface area contributed by atoms with Crippen molar-refractivity contribution < 1.29 is 9.59 Å². The quantitative estimate of drug-likeness (QED) is 0.738. The summed E-state index contributed by atoms with van der Waals surface area (Å²) in [4.78, 5) is 31.9. The molecular weight excluding hydrogens is 400 g/mol. The zero-order chi connectivity index (χ0) is 22.3. The molecule has 1 atom stereocenters. The summed E-state index contributed by atoms with van der Waals surface area (Å²) in [6.07, 6.45) is 4.92. The third kappa shape index (κ3) is 5.49. The lowest BCUT2D eigenvalue weighted by molar-refractivity contribution is -0.139.